The lowest BCUT2D eigenvalue weighted by Crippen LogP contribution is -2.28. The number of ether oxygens (including phenoxy) is 3. The highest BCUT2D eigenvalue weighted by molar-refractivity contribution is 6.30. The molecule has 0 aliphatic carbocycles. The number of rotatable bonds is 7. The third-order valence-electron chi connectivity index (χ3n) is 4.21. The number of hydrogen-bond donors (Lipinski definition) is 2. The van der Waals surface area contributed by atoms with Crippen LogP contribution in [0.15, 0.2) is 42.5 Å². The van der Waals surface area contributed by atoms with Crippen molar-refractivity contribution in [2.75, 3.05) is 25.6 Å². The molecule has 27 heavy (non-hydrogen) atoms. The zero-order valence-corrected chi connectivity index (χ0v) is 15.9. The molecule has 1 atom stereocenters. The quantitative estimate of drug-likeness (QED) is 0.742. The van der Waals surface area contributed by atoms with Crippen molar-refractivity contribution in [3.8, 4) is 11.5 Å². The molecule has 0 saturated carbocycles. The Morgan fingerprint density at radius 3 is 2.89 bits per heavy atom. The van der Waals surface area contributed by atoms with Gasteiger partial charge in [-0.2, -0.15) is 0 Å². The van der Waals surface area contributed by atoms with Crippen LogP contribution in [0, 0.1) is 0 Å². The summed E-state index contributed by atoms with van der Waals surface area (Å²) in [6.07, 6.45) is 2.24. The van der Waals surface area contributed by atoms with Crippen molar-refractivity contribution in [3.63, 3.8) is 0 Å². The molecule has 1 saturated heterocycles. The highest BCUT2D eigenvalue weighted by Gasteiger charge is 2.17. The average Bonchev–Trinajstić information content (AvgIpc) is 3.18. The molecular weight excluding hydrogens is 368 g/mol. The SMILES string of the molecule is COc1cc(CNC(=O)Nc2cccc(Cl)c2)ccc1OC[C@H]1CCCO1. The minimum atomic E-state index is -0.310. The summed E-state index contributed by atoms with van der Waals surface area (Å²) in [6, 6.07) is 12.3. The number of hydrogen-bond acceptors (Lipinski definition) is 4. The normalized spacial score (nSPS) is 16.0. The van der Waals surface area contributed by atoms with Gasteiger partial charge in [-0.1, -0.05) is 23.7 Å². The molecule has 7 heteroatoms. The van der Waals surface area contributed by atoms with Gasteiger partial charge in [-0.05, 0) is 48.7 Å². The summed E-state index contributed by atoms with van der Waals surface area (Å²) in [5.74, 6) is 1.29. The average molecular weight is 391 g/mol. The summed E-state index contributed by atoms with van der Waals surface area (Å²) in [5.41, 5.74) is 1.54. The molecule has 0 aromatic heterocycles. The van der Waals surface area contributed by atoms with E-state index in [1.807, 2.05) is 18.2 Å². The maximum atomic E-state index is 12.0. The first-order chi connectivity index (χ1) is 13.1. The van der Waals surface area contributed by atoms with Crippen LogP contribution in [-0.2, 0) is 11.3 Å². The maximum Gasteiger partial charge on any atom is 0.319 e. The third kappa shape index (κ3) is 5.77. The molecule has 1 aliphatic heterocycles. The molecule has 0 radical (unpaired) electrons. The van der Waals surface area contributed by atoms with E-state index >= 15 is 0 Å². The molecule has 3 rings (SSSR count). The first-order valence-corrected chi connectivity index (χ1v) is 9.23. The summed E-state index contributed by atoms with van der Waals surface area (Å²) < 4.78 is 16.8. The van der Waals surface area contributed by atoms with E-state index in [9.17, 15) is 4.79 Å². The van der Waals surface area contributed by atoms with E-state index < -0.39 is 0 Å². The standard InChI is InChI=1S/C20H23ClN2O4/c1-25-19-10-14(7-8-18(19)27-13-17-6-3-9-26-17)12-22-20(24)23-16-5-2-4-15(21)11-16/h2,4-5,7-8,10-11,17H,3,6,9,12-13H2,1H3,(H2,22,23,24)/t17-/m1/s1. The van der Waals surface area contributed by atoms with Gasteiger partial charge in [0.25, 0.3) is 0 Å². The molecule has 6 nitrogen and oxygen atoms in total. The zero-order valence-electron chi connectivity index (χ0n) is 15.2. The first-order valence-electron chi connectivity index (χ1n) is 8.86. The second-order valence-corrected chi connectivity index (χ2v) is 6.69. The molecule has 1 heterocycles. The molecule has 144 valence electrons. The van der Waals surface area contributed by atoms with Crippen molar-refractivity contribution in [1.29, 1.82) is 0 Å². The van der Waals surface area contributed by atoms with Crippen LogP contribution < -0.4 is 20.1 Å². The lowest BCUT2D eigenvalue weighted by Gasteiger charge is -2.15. The first kappa shape index (κ1) is 19.3. The molecule has 2 N–H and O–H groups in total. The van der Waals surface area contributed by atoms with Crippen LogP contribution >= 0.6 is 11.6 Å². The minimum absolute atomic E-state index is 0.145. The zero-order chi connectivity index (χ0) is 19.1. The van der Waals surface area contributed by atoms with Crippen molar-refractivity contribution >= 4 is 23.3 Å². The van der Waals surface area contributed by atoms with Crippen molar-refractivity contribution in [1.82, 2.24) is 5.32 Å². The predicted molar refractivity (Wildman–Crippen MR) is 105 cm³/mol. The summed E-state index contributed by atoms with van der Waals surface area (Å²) in [4.78, 5) is 12.0. The van der Waals surface area contributed by atoms with E-state index in [1.165, 1.54) is 0 Å². The Kier molecular flexibility index (Phi) is 6.79. The van der Waals surface area contributed by atoms with Gasteiger partial charge in [0.1, 0.15) is 6.61 Å². The Morgan fingerprint density at radius 1 is 1.26 bits per heavy atom. The summed E-state index contributed by atoms with van der Waals surface area (Å²) >= 11 is 5.91. The van der Waals surface area contributed by atoms with E-state index in [1.54, 1.807) is 31.4 Å². The second kappa shape index (κ2) is 9.48. The highest BCUT2D eigenvalue weighted by atomic mass is 35.5. The maximum absolute atomic E-state index is 12.0. The van der Waals surface area contributed by atoms with Gasteiger partial charge in [0, 0.05) is 23.9 Å². The van der Waals surface area contributed by atoms with Crippen molar-refractivity contribution in [2.45, 2.75) is 25.5 Å². The van der Waals surface area contributed by atoms with E-state index in [0.29, 0.717) is 35.4 Å². The van der Waals surface area contributed by atoms with E-state index in [0.717, 1.165) is 25.0 Å². The number of urea groups is 1. The molecule has 0 spiro atoms. The van der Waals surface area contributed by atoms with Crippen LogP contribution in [0.25, 0.3) is 0 Å². The van der Waals surface area contributed by atoms with E-state index in [4.69, 9.17) is 25.8 Å². The minimum Gasteiger partial charge on any atom is -0.493 e. The van der Waals surface area contributed by atoms with Crippen LogP contribution in [-0.4, -0.2) is 32.5 Å². The van der Waals surface area contributed by atoms with Gasteiger partial charge in [0.05, 0.1) is 13.2 Å². The summed E-state index contributed by atoms with van der Waals surface area (Å²) in [7, 11) is 1.59. The number of amides is 2. The van der Waals surface area contributed by atoms with Crippen molar-refractivity contribution in [2.24, 2.45) is 0 Å². The van der Waals surface area contributed by atoms with Crippen LogP contribution in [0.2, 0.25) is 5.02 Å². The van der Waals surface area contributed by atoms with Gasteiger partial charge in [-0.15, -0.1) is 0 Å². The van der Waals surface area contributed by atoms with Gasteiger partial charge in [-0.3, -0.25) is 0 Å². The Labute approximate surface area is 163 Å². The van der Waals surface area contributed by atoms with Crippen LogP contribution in [0.5, 0.6) is 11.5 Å². The van der Waals surface area contributed by atoms with Crippen LogP contribution in [0.3, 0.4) is 0 Å². The smallest absolute Gasteiger partial charge is 0.319 e. The Bertz CT molecular complexity index is 778. The number of halogens is 1. The largest absolute Gasteiger partial charge is 0.493 e. The third-order valence-corrected chi connectivity index (χ3v) is 4.45. The van der Waals surface area contributed by atoms with Gasteiger partial charge < -0.3 is 24.8 Å². The number of benzene rings is 2. The fraction of sp³-hybridized carbons (Fsp3) is 0.350. The van der Waals surface area contributed by atoms with Gasteiger partial charge in [0.15, 0.2) is 11.5 Å². The Balaban J connectivity index is 1.52. The molecule has 1 aliphatic rings. The van der Waals surface area contributed by atoms with Crippen LogP contribution in [0.1, 0.15) is 18.4 Å². The molecule has 0 unspecified atom stereocenters. The van der Waals surface area contributed by atoms with Crippen molar-refractivity contribution < 1.29 is 19.0 Å². The monoisotopic (exact) mass is 390 g/mol. The Hall–Kier alpha value is -2.44. The number of methoxy groups -OCH3 is 1. The van der Waals surface area contributed by atoms with Crippen LogP contribution in [0.4, 0.5) is 10.5 Å². The number of nitrogens with one attached hydrogen (secondary N) is 2. The van der Waals surface area contributed by atoms with Gasteiger partial charge in [-0.25, -0.2) is 4.79 Å². The fourth-order valence-electron chi connectivity index (χ4n) is 2.82. The number of carbonyl (C=O) groups is 1. The molecular formula is C20H23ClN2O4. The Morgan fingerprint density at radius 2 is 2.15 bits per heavy atom. The molecule has 2 amide bonds. The fourth-order valence-corrected chi connectivity index (χ4v) is 3.01. The van der Waals surface area contributed by atoms with Gasteiger partial charge in [0.2, 0.25) is 0 Å². The molecule has 0 bridgehead atoms. The molecule has 2 aromatic carbocycles. The van der Waals surface area contributed by atoms with E-state index in [2.05, 4.69) is 10.6 Å². The number of anilines is 1. The topological polar surface area (TPSA) is 68.8 Å². The lowest BCUT2D eigenvalue weighted by molar-refractivity contribution is 0.0669. The molecule has 2 aromatic rings. The van der Waals surface area contributed by atoms with Gasteiger partial charge >= 0.3 is 6.03 Å². The van der Waals surface area contributed by atoms with E-state index in [-0.39, 0.29) is 12.1 Å². The predicted octanol–water partition coefficient (Wildman–Crippen LogP) is 4.23. The van der Waals surface area contributed by atoms with Crippen molar-refractivity contribution in [3.05, 3.63) is 53.1 Å². The second-order valence-electron chi connectivity index (χ2n) is 6.25. The number of carbonyl (C=O) groups excluding carboxylic acids is 1. The summed E-state index contributed by atoms with van der Waals surface area (Å²) in [6.45, 7) is 1.66. The lowest BCUT2D eigenvalue weighted by atomic mass is 10.2. The molecule has 1 fully saturated rings. The highest BCUT2D eigenvalue weighted by Crippen LogP contribution is 2.29. The summed E-state index contributed by atoms with van der Waals surface area (Å²) in [5, 5.41) is 6.11.